The van der Waals surface area contributed by atoms with Crippen LogP contribution in [0.4, 0.5) is 10.1 Å². The molecule has 2 heterocycles. The number of rotatable bonds is 1. The molecule has 1 spiro atoms. The predicted octanol–water partition coefficient (Wildman–Crippen LogP) is 2.16. The highest BCUT2D eigenvalue weighted by atomic mass is 19.1. The molecule has 0 bridgehead atoms. The standard InChI is InChI=1S/C13H16FNO2/c1-16-11-4-2-3-10-9(11)7-13(15-10)5-6-17-8-12(13)14/h2-4,12,15H,5-8H2,1H3. The van der Waals surface area contributed by atoms with Crippen molar-refractivity contribution in [2.75, 3.05) is 25.6 Å². The van der Waals surface area contributed by atoms with E-state index in [2.05, 4.69) is 5.32 Å². The largest absolute Gasteiger partial charge is 0.496 e. The Balaban J connectivity index is 1.96. The van der Waals surface area contributed by atoms with Crippen molar-refractivity contribution >= 4 is 5.69 Å². The van der Waals surface area contributed by atoms with Crippen LogP contribution in [0.15, 0.2) is 18.2 Å². The molecule has 0 radical (unpaired) electrons. The molecular formula is C13H16FNO2. The second-order valence-electron chi connectivity index (χ2n) is 4.74. The maximum absolute atomic E-state index is 14.1. The lowest BCUT2D eigenvalue weighted by Crippen LogP contribution is -2.52. The van der Waals surface area contributed by atoms with Gasteiger partial charge in [0.05, 0.1) is 19.3 Å². The first-order chi connectivity index (χ1) is 8.25. The summed E-state index contributed by atoms with van der Waals surface area (Å²) in [6.45, 7) is 0.799. The van der Waals surface area contributed by atoms with Gasteiger partial charge < -0.3 is 14.8 Å². The van der Waals surface area contributed by atoms with Gasteiger partial charge in [0.1, 0.15) is 11.9 Å². The number of fused-ring (bicyclic) bond motifs is 1. The van der Waals surface area contributed by atoms with E-state index in [9.17, 15) is 4.39 Å². The fourth-order valence-electron chi connectivity index (χ4n) is 2.78. The summed E-state index contributed by atoms with van der Waals surface area (Å²) in [7, 11) is 1.65. The van der Waals surface area contributed by atoms with Crippen molar-refractivity contribution in [2.45, 2.75) is 24.6 Å². The van der Waals surface area contributed by atoms with Crippen LogP contribution in [0.3, 0.4) is 0 Å². The lowest BCUT2D eigenvalue weighted by Gasteiger charge is -2.37. The number of ether oxygens (including phenoxy) is 2. The number of halogens is 1. The van der Waals surface area contributed by atoms with Gasteiger partial charge in [0.15, 0.2) is 0 Å². The summed E-state index contributed by atoms with van der Waals surface area (Å²) in [5, 5.41) is 3.34. The van der Waals surface area contributed by atoms with Gasteiger partial charge in [-0.15, -0.1) is 0 Å². The van der Waals surface area contributed by atoms with Crippen LogP contribution >= 0.6 is 0 Å². The minimum absolute atomic E-state index is 0.184. The third-order valence-corrected chi connectivity index (χ3v) is 3.79. The molecule has 1 N–H and O–H groups in total. The van der Waals surface area contributed by atoms with E-state index in [4.69, 9.17) is 9.47 Å². The Kier molecular flexibility index (Phi) is 2.47. The average Bonchev–Trinajstić information content (AvgIpc) is 2.72. The van der Waals surface area contributed by atoms with Crippen LogP contribution in [-0.4, -0.2) is 32.0 Å². The molecule has 3 rings (SSSR count). The Morgan fingerprint density at radius 3 is 3.18 bits per heavy atom. The Morgan fingerprint density at radius 2 is 2.41 bits per heavy atom. The molecule has 1 aromatic carbocycles. The maximum Gasteiger partial charge on any atom is 0.147 e. The monoisotopic (exact) mass is 237 g/mol. The van der Waals surface area contributed by atoms with Crippen molar-refractivity contribution in [2.24, 2.45) is 0 Å². The molecule has 3 nitrogen and oxygen atoms in total. The van der Waals surface area contributed by atoms with Crippen LogP contribution in [0, 0.1) is 0 Å². The summed E-state index contributed by atoms with van der Waals surface area (Å²) in [5.74, 6) is 0.838. The van der Waals surface area contributed by atoms with Crippen LogP contribution in [-0.2, 0) is 11.2 Å². The molecule has 1 saturated heterocycles. The van der Waals surface area contributed by atoms with E-state index in [-0.39, 0.29) is 6.61 Å². The number of hydrogen-bond donors (Lipinski definition) is 1. The normalized spacial score (nSPS) is 31.1. The Labute approximate surface area is 99.9 Å². The first-order valence-electron chi connectivity index (χ1n) is 5.91. The van der Waals surface area contributed by atoms with Gasteiger partial charge in [0.2, 0.25) is 0 Å². The van der Waals surface area contributed by atoms with Gasteiger partial charge in [-0.25, -0.2) is 4.39 Å². The van der Waals surface area contributed by atoms with Crippen molar-refractivity contribution in [3.8, 4) is 5.75 Å². The molecule has 2 atom stereocenters. The van der Waals surface area contributed by atoms with Gasteiger partial charge in [0, 0.05) is 24.3 Å². The molecule has 2 aliphatic rings. The molecule has 4 heteroatoms. The Bertz CT molecular complexity index is 437. The zero-order chi connectivity index (χ0) is 11.9. The fraction of sp³-hybridized carbons (Fsp3) is 0.538. The predicted molar refractivity (Wildman–Crippen MR) is 63.4 cm³/mol. The van der Waals surface area contributed by atoms with E-state index in [1.807, 2.05) is 18.2 Å². The van der Waals surface area contributed by atoms with E-state index < -0.39 is 11.7 Å². The number of nitrogens with one attached hydrogen (secondary N) is 1. The van der Waals surface area contributed by atoms with Crippen molar-refractivity contribution < 1.29 is 13.9 Å². The van der Waals surface area contributed by atoms with Crippen molar-refractivity contribution in [1.29, 1.82) is 0 Å². The topological polar surface area (TPSA) is 30.5 Å². The molecule has 1 aromatic rings. The van der Waals surface area contributed by atoms with Crippen LogP contribution in [0.1, 0.15) is 12.0 Å². The number of benzene rings is 1. The van der Waals surface area contributed by atoms with Crippen LogP contribution < -0.4 is 10.1 Å². The molecule has 17 heavy (non-hydrogen) atoms. The summed E-state index contributed by atoms with van der Waals surface area (Å²) in [6.07, 6.45) is 0.413. The van der Waals surface area contributed by atoms with Gasteiger partial charge in [-0.2, -0.15) is 0 Å². The minimum Gasteiger partial charge on any atom is -0.496 e. The summed E-state index contributed by atoms with van der Waals surface area (Å²) < 4.78 is 24.6. The van der Waals surface area contributed by atoms with E-state index >= 15 is 0 Å². The molecular weight excluding hydrogens is 221 g/mol. The van der Waals surface area contributed by atoms with E-state index in [0.717, 1.165) is 17.0 Å². The summed E-state index contributed by atoms with van der Waals surface area (Å²) in [6, 6.07) is 5.83. The lowest BCUT2D eigenvalue weighted by atomic mass is 9.85. The van der Waals surface area contributed by atoms with Crippen molar-refractivity contribution in [3.63, 3.8) is 0 Å². The zero-order valence-corrected chi connectivity index (χ0v) is 9.83. The Morgan fingerprint density at radius 1 is 1.53 bits per heavy atom. The second kappa shape index (κ2) is 3.88. The third-order valence-electron chi connectivity index (χ3n) is 3.79. The second-order valence-corrected chi connectivity index (χ2v) is 4.74. The molecule has 1 fully saturated rings. The summed E-state index contributed by atoms with van der Waals surface area (Å²) in [4.78, 5) is 0. The number of anilines is 1. The number of methoxy groups -OCH3 is 1. The van der Waals surface area contributed by atoms with Gasteiger partial charge >= 0.3 is 0 Å². The summed E-state index contributed by atoms with van der Waals surface area (Å²) >= 11 is 0. The summed E-state index contributed by atoms with van der Waals surface area (Å²) in [5.41, 5.74) is 1.59. The molecule has 0 saturated carbocycles. The number of alkyl halides is 1. The quantitative estimate of drug-likeness (QED) is 0.812. The Hall–Kier alpha value is -1.29. The van der Waals surface area contributed by atoms with Gasteiger partial charge in [-0.1, -0.05) is 6.07 Å². The highest BCUT2D eigenvalue weighted by Crippen LogP contribution is 2.43. The van der Waals surface area contributed by atoms with E-state index in [1.165, 1.54) is 0 Å². The van der Waals surface area contributed by atoms with Gasteiger partial charge in [0.25, 0.3) is 0 Å². The van der Waals surface area contributed by atoms with E-state index in [0.29, 0.717) is 19.4 Å². The molecule has 0 amide bonds. The lowest BCUT2D eigenvalue weighted by molar-refractivity contribution is -0.00553. The SMILES string of the molecule is COc1cccc2c1CC1(CCOCC1F)N2. The third kappa shape index (κ3) is 1.59. The first kappa shape index (κ1) is 10.8. The van der Waals surface area contributed by atoms with Gasteiger partial charge in [-0.05, 0) is 18.6 Å². The van der Waals surface area contributed by atoms with Gasteiger partial charge in [-0.3, -0.25) is 0 Å². The van der Waals surface area contributed by atoms with Crippen LogP contribution in [0.5, 0.6) is 5.75 Å². The minimum atomic E-state index is -0.964. The molecule has 0 aliphatic carbocycles. The first-order valence-corrected chi connectivity index (χ1v) is 5.91. The number of hydrogen-bond acceptors (Lipinski definition) is 3. The zero-order valence-electron chi connectivity index (χ0n) is 9.83. The van der Waals surface area contributed by atoms with E-state index in [1.54, 1.807) is 7.11 Å². The van der Waals surface area contributed by atoms with Crippen LogP contribution in [0.2, 0.25) is 0 Å². The fourth-order valence-corrected chi connectivity index (χ4v) is 2.78. The highest BCUT2D eigenvalue weighted by molar-refractivity contribution is 5.64. The molecule has 92 valence electrons. The molecule has 0 aromatic heterocycles. The smallest absolute Gasteiger partial charge is 0.147 e. The van der Waals surface area contributed by atoms with Crippen molar-refractivity contribution in [3.05, 3.63) is 23.8 Å². The highest BCUT2D eigenvalue weighted by Gasteiger charge is 2.46. The average molecular weight is 237 g/mol. The van der Waals surface area contributed by atoms with Crippen LogP contribution in [0.25, 0.3) is 0 Å². The van der Waals surface area contributed by atoms with Crippen molar-refractivity contribution in [1.82, 2.24) is 0 Å². The molecule has 2 aliphatic heterocycles. The maximum atomic E-state index is 14.1. The molecule has 2 unspecified atom stereocenters.